The summed E-state index contributed by atoms with van der Waals surface area (Å²) in [7, 11) is 0. The standard InChI is InChI=1S/C10H14N4O2/c1-8-5-14-9(6-13-8)10(16)12-4-2-3-11-7-15/h5-7H,2-4H2,1H3,(H,11,15)(H,12,16). The van der Waals surface area contributed by atoms with Crippen LogP contribution >= 0.6 is 0 Å². The molecule has 0 fully saturated rings. The maximum Gasteiger partial charge on any atom is 0.271 e. The first kappa shape index (κ1) is 12.1. The average molecular weight is 222 g/mol. The lowest BCUT2D eigenvalue weighted by Crippen LogP contribution is -2.27. The fourth-order valence-electron chi connectivity index (χ4n) is 1.05. The molecule has 6 heteroatoms. The van der Waals surface area contributed by atoms with Gasteiger partial charge >= 0.3 is 0 Å². The highest BCUT2D eigenvalue weighted by molar-refractivity contribution is 5.91. The Labute approximate surface area is 93.5 Å². The van der Waals surface area contributed by atoms with E-state index in [9.17, 15) is 9.59 Å². The van der Waals surface area contributed by atoms with Gasteiger partial charge in [-0.3, -0.25) is 14.6 Å². The first-order chi connectivity index (χ1) is 7.74. The fraction of sp³-hybridized carbons (Fsp3) is 0.400. The Kier molecular flexibility index (Phi) is 4.91. The minimum Gasteiger partial charge on any atom is -0.359 e. The molecular weight excluding hydrogens is 208 g/mol. The molecule has 86 valence electrons. The molecule has 1 aromatic rings. The Balaban J connectivity index is 2.29. The van der Waals surface area contributed by atoms with Crippen molar-refractivity contribution < 1.29 is 9.59 Å². The van der Waals surface area contributed by atoms with Crippen LogP contribution in [0, 0.1) is 6.92 Å². The number of amides is 2. The van der Waals surface area contributed by atoms with Gasteiger partial charge in [-0.15, -0.1) is 0 Å². The van der Waals surface area contributed by atoms with Gasteiger partial charge < -0.3 is 10.6 Å². The molecule has 0 aliphatic carbocycles. The van der Waals surface area contributed by atoms with Crippen molar-refractivity contribution in [3.05, 3.63) is 23.8 Å². The number of rotatable bonds is 6. The summed E-state index contributed by atoms with van der Waals surface area (Å²) in [5, 5.41) is 5.19. The van der Waals surface area contributed by atoms with E-state index in [1.165, 1.54) is 6.20 Å². The molecule has 0 atom stereocenters. The molecule has 2 amide bonds. The summed E-state index contributed by atoms with van der Waals surface area (Å²) in [4.78, 5) is 29.3. The van der Waals surface area contributed by atoms with Gasteiger partial charge in [0.2, 0.25) is 6.41 Å². The molecule has 1 rings (SSSR count). The second kappa shape index (κ2) is 6.49. The topological polar surface area (TPSA) is 84.0 Å². The number of carbonyl (C=O) groups excluding carboxylic acids is 2. The molecule has 0 radical (unpaired) electrons. The molecule has 16 heavy (non-hydrogen) atoms. The molecule has 1 heterocycles. The van der Waals surface area contributed by atoms with Gasteiger partial charge in [0.05, 0.1) is 11.9 Å². The Morgan fingerprint density at radius 3 is 2.81 bits per heavy atom. The monoisotopic (exact) mass is 222 g/mol. The van der Waals surface area contributed by atoms with Crippen LogP contribution in [-0.2, 0) is 4.79 Å². The first-order valence-corrected chi connectivity index (χ1v) is 4.98. The Bertz CT molecular complexity index is 350. The molecule has 2 N–H and O–H groups in total. The summed E-state index contributed by atoms with van der Waals surface area (Å²) in [5.74, 6) is -0.251. The van der Waals surface area contributed by atoms with Crippen LogP contribution in [0.4, 0.5) is 0 Å². The second-order valence-corrected chi connectivity index (χ2v) is 3.22. The van der Waals surface area contributed by atoms with Gasteiger partial charge in [0.1, 0.15) is 5.69 Å². The summed E-state index contributed by atoms with van der Waals surface area (Å²) in [6.45, 7) is 2.85. The van der Waals surface area contributed by atoms with Crippen molar-refractivity contribution in [3.8, 4) is 0 Å². The molecule has 0 aliphatic rings. The van der Waals surface area contributed by atoms with Crippen LogP contribution in [0.25, 0.3) is 0 Å². The van der Waals surface area contributed by atoms with E-state index in [1.54, 1.807) is 13.1 Å². The molecule has 1 aromatic heterocycles. The minimum atomic E-state index is -0.251. The van der Waals surface area contributed by atoms with E-state index in [2.05, 4.69) is 20.6 Å². The lowest BCUT2D eigenvalue weighted by Gasteiger charge is -2.03. The van der Waals surface area contributed by atoms with Gasteiger partial charge in [-0.1, -0.05) is 0 Å². The molecule has 0 saturated carbocycles. The van der Waals surface area contributed by atoms with Crippen LogP contribution in [0.3, 0.4) is 0 Å². The Morgan fingerprint density at radius 1 is 1.38 bits per heavy atom. The third kappa shape index (κ3) is 4.04. The van der Waals surface area contributed by atoms with Gasteiger partial charge in [-0.2, -0.15) is 0 Å². The Morgan fingerprint density at radius 2 is 2.19 bits per heavy atom. The van der Waals surface area contributed by atoms with Gasteiger partial charge in [0.25, 0.3) is 5.91 Å². The van der Waals surface area contributed by atoms with Crippen molar-refractivity contribution in [1.82, 2.24) is 20.6 Å². The van der Waals surface area contributed by atoms with Crippen LogP contribution in [-0.4, -0.2) is 35.4 Å². The number of carbonyl (C=O) groups is 2. The fourth-order valence-corrected chi connectivity index (χ4v) is 1.05. The average Bonchev–Trinajstić information content (AvgIpc) is 2.29. The quantitative estimate of drug-likeness (QED) is 0.509. The number of aryl methyl sites for hydroxylation is 1. The zero-order chi connectivity index (χ0) is 11.8. The molecule has 0 bridgehead atoms. The van der Waals surface area contributed by atoms with Crippen molar-refractivity contribution in [2.75, 3.05) is 13.1 Å². The van der Waals surface area contributed by atoms with Crippen LogP contribution in [0.5, 0.6) is 0 Å². The summed E-state index contributed by atoms with van der Waals surface area (Å²) in [5.41, 5.74) is 1.07. The zero-order valence-electron chi connectivity index (χ0n) is 9.06. The molecule has 0 aliphatic heterocycles. The first-order valence-electron chi connectivity index (χ1n) is 4.98. The smallest absolute Gasteiger partial charge is 0.271 e. The van der Waals surface area contributed by atoms with Crippen molar-refractivity contribution in [2.45, 2.75) is 13.3 Å². The molecule has 0 unspecified atom stereocenters. The number of hydrogen-bond acceptors (Lipinski definition) is 4. The summed E-state index contributed by atoms with van der Waals surface area (Å²) in [6.07, 6.45) is 4.30. The predicted octanol–water partition coefficient (Wildman–Crippen LogP) is -0.349. The van der Waals surface area contributed by atoms with Gasteiger partial charge in [-0.25, -0.2) is 4.98 Å². The van der Waals surface area contributed by atoms with Crippen molar-refractivity contribution in [2.24, 2.45) is 0 Å². The summed E-state index contributed by atoms with van der Waals surface area (Å²) in [6, 6.07) is 0. The van der Waals surface area contributed by atoms with Crippen molar-refractivity contribution >= 4 is 12.3 Å². The van der Waals surface area contributed by atoms with E-state index >= 15 is 0 Å². The van der Waals surface area contributed by atoms with Crippen molar-refractivity contribution in [3.63, 3.8) is 0 Å². The van der Waals surface area contributed by atoms with E-state index in [0.29, 0.717) is 31.6 Å². The molecular formula is C10H14N4O2. The van der Waals surface area contributed by atoms with Gasteiger partial charge in [0.15, 0.2) is 0 Å². The third-order valence-corrected chi connectivity index (χ3v) is 1.88. The van der Waals surface area contributed by atoms with E-state index in [1.807, 2.05) is 0 Å². The maximum absolute atomic E-state index is 11.5. The van der Waals surface area contributed by atoms with Crippen LogP contribution < -0.4 is 10.6 Å². The highest BCUT2D eigenvalue weighted by Crippen LogP contribution is 1.93. The lowest BCUT2D eigenvalue weighted by atomic mass is 10.3. The normalized spacial score (nSPS) is 9.56. The van der Waals surface area contributed by atoms with E-state index in [-0.39, 0.29) is 5.91 Å². The van der Waals surface area contributed by atoms with E-state index < -0.39 is 0 Å². The van der Waals surface area contributed by atoms with Gasteiger partial charge in [0, 0.05) is 19.3 Å². The predicted molar refractivity (Wildman–Crippen MR) is 57.8 cm³/mol. The van der Waals surface area contributed by atoms with Crippen LogP contribution in [0.15, 0.2) is 12.4 Å². The maximum atomic E-state index is 11.5. The van der Waals surface area contributed by atoms with Crippen LogP contribution in [0.1, 0.15) is 22.6 Å². The largest absolute Gasteiger partial charge is 0.359 e. The Hall–Kier alpha value is -1.98. The number of nitrogens with zero attached hydrogens (tertiary/aromatic N) is 2. The summed E-state index contributed by atoms with van der Waals surface area (Å²) < 4.78 is 0. The van der Waals surface area contributed by atoms with Crippen LogP contribution in [0.2, 0.25) is 0 Å². The lowest BCUT2D eigenvalue weighted by molar-refractivity contribution is -0.109. The highest BCUT2D eigenvalue weighted by atomic mass is 16.2. The SMILES string of the molecule is Cc1cnc(C(=O)NCCCNC=O)cn1. The zero-order valence-corrected chi connectivity index (χ0v) is 9.06. The minimum absolute atomic E-state index is 0.251. The van der Waals surface area contributed by atoms with E-state index in [0.717, 1.165) is 5.69 Å². The third-order valence-electron chi connectivity index (χ3n) is 1.88. The molecule has 0 aromatic carbocycles. The molecule has 6 nitrogen and oxygen atoms in total. The number of nitrogens with one attached hydrogen (secondary N) is 2. The van der Waals surface area contributed by atoms with Crippen molar-refractivity contribution in [1.29, 1.82) is 0 Å². The second-order valence-electron chi connectivity index (χ2n) is 3.22. The van der Waals surface area contributed by atoms with E-state index in [4.69, 9.17) is 0 Å². The highest BCUT2D eigenvalue weighted by Gasteiger charge is 2.05. The van der Waals surface area contributed by atoms with Gasteiger partial charge in [-0.05, 0) is 13.3 Å². The summed E-state index contributed by atoms with van der Waals surface area (Å²) >= 11 is 0. The number of hydrogen-bond donors (Lipinski definition) is 2. The molecule has 0 spiro atoms. The number of aromatic nitrogens is 2. The molecule has 0 saturated heterocycles.